The molecular formula is C58H87N17O3. The SMILES string of the molecule is CCN1CN(C)Cc2c1c(O)cc1c2N(CC)CN(C)C1.CCN1Cc2c(c3c(c4c2N2Cc5c(c(O)cc6c5N(CC)CN(C)C6)N(C4)C2)N(CC)CN(C)C3)N(C)C1.Nc1cc(N)cc(N)c1.Nc1ccc(O)c(N)c1. The first kappa shape index (κ1) is 55.6. The van der Waals surface area contributed by atoms with Crippen molar-refractivity contribution in [2.24, 2.45) is 0 Å². The van der Waals surface area contributed by atoms with Gasteiger partial charge in [0, 0.05) is 141 Å². The van der Waals surface area contributed by atoms with E-state index >= 15 is 0 Å². The summed E-state index contributed by atoms with van der Waals surface area (Å²) in [5, 5.41) is 30.9. The van der Waals surface area contributed by atoms with E-state index in [0.29, 0.717) is 39.9 Å². The lowest BCUT2D eigenvalue weighted by atomic mass is 9.88. The molecule has 20 heteroatoms. The van der Waals surface area contributed by atoms with Crippen LogP contribution in [0.2, 0.25) is 0 Å². The van der Waals surface area contributed by atoms with E-state index in [1.807, 2.05) is 12.1 Å². The second-order valence-electron chi connectivity index (χ2n) is 22.3. The van der Waals surface area contributed by atoms with Crippen LogP contribution in [-0.2, 0) is 45.8 Å². The number of fused-ring (bicyclic) bond motifs is 16. The van der Waals surface area contributed by atoms with Gasteiger partial charge in [0.25, 0.3) is 0 Å². The fraction of sp³-hybridized carbons (Fsp3) is 0.483. The second kappa shape index (κ2) is 22.7. The average molecular weight is 1070 g/mol. The van der Waals surface area contributed by atoms with Gasteiger partial charge in [-0.25, -0.2) is 0 Å². The highest BCUT2D eigenvalue weighted by atomic mass is 16.3. The van der Waals surface area contributed by atoms with Gasteiger partial charge in [-0.05, 0) is 122 Å². The van der Waals surface area contributed by atoms with Gasteiger partial charge >= 0.3 is 0 Å². The Hall–Kier alpha value is -7.10. The molecule has 5 aromatic carbocycles. The summed E-state index contributed by atoms with van der Waals surface area (Å²) in [6.07, 6.45) is 0. The van der Waals surface area contributed by atoms with Crippen molar-refractivity contribution in [3.63, 3.8) is 0 Å². The molecule has 0 radical (unpaired) electrons. The van der Waals surface area contributed by atoms with E-state index in [1.165, 1.54) is 79.5 Å². The molecule has 0 saturated heterocycles. The molecular weight excluding hydrogens is 983 g/mol. The fourth-order valence-electron chi connectivity index (χ4n) is 13.0. The second-order valence-corrected chi connectivity index (χ2v) is 22.3. The number of phenols is 3. The minimum absolute atomic E-state index is 0.0733. The number of nitrogen functional groups attached to an aromatic ring is 5. The summed E-state index contributed by atoms with van der Waals surface area (Å²) < 4.78 is 0. The van der Waals surface area contributed by atoms with Crippen LogP contribution in [0, 0.1) is 0 Å². The number of rotatable bonds is 5. The Morgan fingerprint density at radius 1 is 0.359 bits per heavy atom. The lowest BCUT2D eigenvalue weighted by molar-refractivity contribution is 0.267. The van der Waals surface area contributed by atoms with Crippen molar-refractivity contribution in [2.45, 2.75) is 80.4 Å². The van der Waals surface area contributed by atoms with Crippen molar-refractivity contribution in [1.29, 1.82) is 0 Å². The molecule has 2 bridgehead atoms. The molecule has 0 unspecified atom stereocenters. The normalized spacial score (nSPS) is 17.9. The third-order valence-electron chi connectivity index (χ3n) is 16.1. The Kier molecular flexibility index (Phi) is 16.2. The van der Waals surface area contributed by atoms with E-state index in [0.717, 1.165) is 130 Å². The molecule has 0 fully saturated rings. The quantitative estimate of drug-likeness (QED) is 0.0555. The van der Waals surface area contributed by atoms with Crippen molar-refractivity contribution < 1.29 is 15.3 Å². The van der Waals surface area contributed by atoms with Crippen LogP contribution in [0.3, 0.4) is 0 Å². The van der Waals surface area contributed by atoms with Crippen LogP contribution in [-0.4, -0.2) is 148 Å². The lowest BCUT2D eigenvalue weighted by Crippen LogP contribution is -2.51. The molecule has 7 aliphatic heterocycles. The van der Waals surface area contributed by atoms with Gasteiger partial charge in [0.2, 0.25) is 0 Å². The third-order valence-corrected chi connectivity index (χ3v) is 16.1. The van der Waals surface area contributed by atoms with Crippen LogP contribution in [0.25, 0.3) is 0 Å². The maximum absolute atomic E-state index is 11.5. The number of nitrogens with two attached hydrogens (primary N) is 5. The van der Waals surface area contributed by atoms with Crippen LogP contribution in [0.1, 0.15) is 73.6 Å². The van der Waals surface area contributed by atoms with Crippen LogP contribution in [0.15, 0.2) is 48.5 Å². The number of phenolic OH excluding ortho intramolecular Hbond substituents is 3. The van der Waals surface area contributed by atoms with Crippen LogP contribution in [0.5, 0.6) is 17.2 Å². The summed E-state index contributed by atoms with van der Waals surface area (Å²) in [6.45, 7) is 27.9. The number of aromatic hydroxyl groups is 3. The molecule has 78 heavy (non-hydrogen) atoms. The molecule has 5 aromatic rings. The predicted octanol–water partition coefficient (Wildman–Crippen LogP) is 6.22. The van der Waals surface area contributed by atoms with E-state index in [-0.39, 0.29) is 5.75 Å². The maximum Gasteiger partial charge on any atom is 0.139 e. The Morgan fingerprint density at radius 3 is 1.24 bits per heavy atom. The highest BCUT2D eigenvalue weighted by Gasteiger charge is 2.43. The Morgan fingerprint density at radius 2 is 0.769 bits per heavy atom. The van der Waals surface area contributed by atoms with Crippen molar-refractivity contribution in [3.05, 3.63) is 87.5 Å². The summed E-state index contributed by atoms with van der Waals surface area (Å²) in [5.74, 6) is 0.947. The summed E-state index contributed by atoms with van der Waals surface area (Å²) in [6, 6.07) is 13.6. The lowest BCUT2D eigenvalue weighted by Gasteiger charge is -2.52. The summed E-state index contributed by atoms with van der Waals surface area (Å²) in [7, 11) is 11.0. The standard InChI is InChI=1S/C30H44N8O.C16H26N4O.C6H9N3.C6H8N2O/c1-7-34-13-22-27(33(6)18-34)21-12-32(5)17-36(9-3)28(21)24-15-38-19-37(29(22)24)14-23-26-20(10-25(39)30(23)38)11-31(4)16-35(26)8-2;1-5-19-10-17(3)8-12-7-14(21)16-13(15(12)19)9-18(4)11-20(16)6-2;7-4-1-5(8)3-6(9)2-4;7-4-1-2-6(9)5(8)3-4/h10,39H,7-9,11-19H2,1-6H3;7,21H,5-6,8-11H2,1-4H3;1-3H,7-9H2;1-3,9H,7-8H2. The zero-order valence-electron chi connectivity index (χ0n) is 47.9. The van der Waals surface area contributed by atoms with Gasteiger partial charge in [-0.2, -0.15) is 0 Å². The van der Waals surface area contributed by atoms with Gasteiger partial charge in [0.1, 0.15) is 17.2 Å². The molecule has 0 aromatic heterocycles. The van der Waals surface area contributed by atoms with Gasteiger partial charge in [-0.3, -0.25) is 24.5 Å². The molecule has 0 aliphatic carbocycles. The highest BCUT2D eigenvalue weighted by molar-refractivity contribution is 5.90. The van der Waals surface area contributed by atoms with Crippen molar-refractivity contribution in [2.75, 3.05) is 171 Å². The molecule has 0 amide bonds. The summed E-state index contributed by atoms with van der Waals surface area (Å²) in [4.78, 5) is 29.3. The molecule has 0 atom stereocenters. The van der Waals surface area contributed by atoms with E-state index in [9.17, 15) is 10.2 Å². The number of benzene rings is 5. The monoisotopic (exact) mass is 1070 g/mol. The van der Waals surface area contributed by atoms with E-state index in [2.05, 4.69) is 129 Å². The van der Waals surface area contributed by atoms with Crippen molar-refractivity contribution in [3.8, 4) is 17.2 Å². The van der Waals surface area contributed by atoms with E-state index < -0.39 is 0 Å². The van der Waals surface area contributed by atoms with Gasteiger partial charge < -0.3 is 78.3 Å². The van der Waals surface area contributed by atoms with Crippen molar-refractivity contribution in [1.82, 2.24) is 24.5 Å². The Balaban J connectivity index is 0.000000156. The summed E-state index contributed by atoms with van der Waals surface area (Å²) >= 11 is 0. The number of hydrogen-bond acceptors (Lipinski definition) is 20. The molecule has 0 saturated carbocycles. The maximum atomic E-state index is 11.5. The number of anilines is 12. The van der Waals surface area contributed by atoms with Crippen molar-refractivity contribution >= 4 is 68.2 Å². The van der Waals surface area contributed by atoms with Crippen LogP contribution in [0.4, 0.5) is 68.2 Å². The smallest absolute Gasteiger partial charge is 0.139 e. The highest BCUT2D eigenvalue weighted by Crippen LogP contribution is 2.55. The topological polar surface area (TPSA) is 230 Å². The van der Waals surface area contributed by atoms with Crippen LogP contribution >= 0.6 is 0 Å². The Bertz CT molecular complexity index is 2960. The first-order valence-electron chi connectivity index (χ1n) is 27.6. The van der Waals surface area contributed by atoms with E-state index in [1.54, 1.807) is 24.3 Å². The zero-order chi connectivity index (χ0) is 56.0. The van der Waals surface area contributed by atoms with Gasteiger partial charge in [-0.1, -0.05) is 6.92 Å². The fourth-order valence-corrected chi connectivity index (χ4v) is 13.0. The largest absolute Gasteiger partial charge is 0.506 e. The minimum Gasteiger partial charge on any atom is -0.506 e. The molecule has 0 spiro atoms. The molecule has 7 aliphatic rings. The first-order chi connectivity index (χ1) is 37.2. The average Bonchev–Trinajstić information content (AvgIpc) is 3.59. The number of hydrogen-bond donors (Lipinski definition) is 8. The number of nitrogens with zero attached hydrogens (tertiary/aromatic N) is 12. The molecule has 13 N–H and O–H groups in total. The molecule has 12 rings (SSSR count). The zero-order valence-corrected chi connectivity index (χ0v) is 47.9. The van der Waals surface area contributed by atoms with Crippen LogP contribution < -0.4 is 63.0 Å². The molecule has 20 nitrogen and oxygen atoms in total. The molecule has 422 valence electrons. The van der Waals surface area contributed by atoms with Gasteiger partial charge in [0.15, 0.2) is 0 Å². The Labute approximate surface area is 462 Å². The van der Waals surface area contributed by atoms with E-state index in [4.69, 9.17) is 33.8 Å². The predicted molar refractivity (Wildman–Crippen MR) is 323 cm³/mol. The van der Waals surface area contributed by atoms with Gasteiger partial charge in [0.05, 0.1) is 74.1 Å². The minimum atomic E-state index is 0.0733. The van der Waals surface area contributed by atoms with Gasteiger partial charge in [-0.15, -0.1) is 0 Å². The third kappa shape index (κ3) is 10.7. The summed E-state index contributed by atoms with van der Waals surface area (Å²) in [5.41, 5.74) is 48.1. The first-order valence-corrected chi connectivity index (χ1v) is 27.6. The molecule has 7 heterocycles.